The van der Waals surface area contributed by atoms with Gasteiger partial charge in [0.25, 0.3) is 0 Å². The highest BCUT2D eigenvalue weighted by Gasteiger charge is 2.18. The largest absolute Gasteiger partial charge is 0.395 e. The molecule has 0 saturated heterocycles. The number of unbranched alkanes of at least 4 members (excludes halogenated alkanes) is 1. The summed E-state index contributed by atoms with van der Waals surface area (Å²) in [6.07, 6.45) is 3.19. The van der Waals surface area contributed by atoms with E-state index in [4.69, 9.17) is 4.84 Å². The van der Waals surface area contributed by atoms with Gasteiger partial charge in [-0.1, -0.05) is 42.8 Å². The van der Waals surface area contributed by atoms with Crippen LogP contribution in [0.15, 0.2) is 50.1 Å². The first-order valence-corrected chi connectivity index (χ1v) is 8.75. The molecule has 0 unspecified atom stereocenters. The third kappa shape index (κ3) is 2.46. The van der Waals surface area contributed by atoms with E-state index in [1.54, 1.807) is 31.3 Å². The van der Waals surface area contributed by atoms with Gasteiger partial charge in [0.05, 0.1) is 16.8 Å². The summed E-state index contributed by atoms with van der Waals surface area (Å²) < 4.78 is 1.53. The number of hydrogen-bond donors (Lipinski definition) is 0. The molecule has 7 heteroatoms. The molecule has 2 aliphatic carbocycles. The number of aromatic nitrogens is 2. The van der Waals surface area contributed by atoms with Crippen LogP contribution in [0.4, 0.5) is 0 Å². The fourth-order valence-corrected chi connectivity index (χ4v) is 3.33. The molecule has 7 nitrogen and oxygen atoms in total. The molecule has 1 heterocycles. The maximum Gasteiger partial charge on any atom is 0.216 e. The Kier molecular flexibility index (Phi) is 4.07. The van der Waals surface area contributed by atoms with Crippen LogP contribution in [0.5, 0.6) is 0 Å². The zero-order chi connectivity index (χ0) is 19.1. The minimum Gasteiger partial charge on any atom is -0.395 e. The molecule has 1 aromatic heterocycles. The van der Waals surface area contributed by atoms with E-state index in [-0.39, 0.29) is 37.6 Å². The van der Waals surface area contributed by atoms with Crippen molar-refractivity contribution in [3.8, 4) is 0 Å². The zero-order valence-electron chi connectivity index (χ0n) is 15.0. The number of benzene rings is 1. The first-order chi connectivity index (χ1) is 13.1. The number of imidazole rings is 1. The molecule has 136 valence electrons. The molecule has 2 aromatic rings. The molecule has 0 aliphatic heterocycles. The smallest absolute Gasteiger partial charge is 0.216 e. The highest BCUT2D eigenvalue weighted by Crippen LogP contribution is 2.07. The van der Waals surface area contributed by atoms with Gasteiger partial charge < -0.3 is 9.40 Å². The zero-order valence-corrected chi connectivity index (χ0v) is 15.0. The molecular formula is C20H17N3O4. The minimum atomic E-state index is -0.514. The Morgan fingerprint density at radius 2 is 1.70 bits per heavy atom. The summed E-state index contributed by atoms with van der Waals surface area (Å²) in [5, 5.41) is 4.56. The molecule has 0 amide bonds. The quantitative estimate of drug-likeness (QED) is 0.399. The Balaban J connectivity index is 2.33. The van der Waals surface area contributed by atoms with Gasteiger partial charge in [-0.15, -0.1) is 0 Å². The molecule has 0 spiro atoms. The van der Waals surface area contributed by atoms with Crippen LogP contribution in [0, 0.1) is 10.4 Å². The molecule has 27 heavy (non-hydrogen) atoms. The van der Waals surface area contributed by atoms with Crippen LogP contribution in [0.25, 0.3) is 21.8 Å². The average Bonchev–Trinajstić information content (AvgIpc) is 3.06. The SMILES string of the molecule is CCCCO/N=c1/c2c(=O)c3ccccc3c(=O)c=2c(=O)c2c1ncn2C. The lowest BCUT2D eigenvalue weighted by Crippen LogP contribution is -2.30. The van der Waals surface area contributed by atoms with Gasteiger partial charge in [-0.05, 0) is 6.42 Å². The van der Waals surface area contributed by atoms with Crippen molar-refractivity contribution >= 4 is 21.8 Å². The van der Waals surface area contributed by atoms with Crippen LogP contribution in [0.2, 0.25) is 0 Å². The lowest BCUT2D eigenvalue weighted by atomic mass is 10.0. The predicted octanol–water partition coefficient (Wildman–Crippen LogP) is 1.04. The topological polar surface area (TPSA) is 90.6 Å². The molecule has 0 atom stereocenters. The average molecular weight is 363 g/mol. The van der Waals surface area contributed by atoms with Gasteiger partial charge >= 0.3 is 0 Å². The molecule has 0 radical (unpaired) electrons. The van der Waals surface area contributed by atoms with Crippen molar-refractivity contribution in [3.63, 3.8) is 0 Å². The molecule has 0 N–H and O–H groups in total. The van der Waals surface area contributed by atoms with E-state index in [1.165, 1.54) is 10.9 Å². The summed E-state index contributed by atoms with van der Waals surface area (Å²) >= 11 is 0. The number of nitrogens with zero attached hydrogens (tertiary/aromatic N) is 3. The molecule has 0 bridgehead atoms. The van der Waals surface area contributed by atoms with Gasteiger partial charge in [0, 0.05) is 17.8 Å². The summed E-state index contributed by atoms with van der Waals surface area (Å²) in [6.45, 7) is 2.39. The first-order valence-electron chi connectivity index (χ1n) is 8.75. The van der Waals surface area contributed by atoms with Crippen molar-refractivity contribution in [1.29, 1.82) is 0 Å². The van der Waals surface area contributed by atoms with E-state index < -0.39 is 16.3 Å². The summed E-state index contributed by atoms with van der Waals surface area (Å²) in [7, 11) is 1.66. The van der Waals surface area contributed by atoms with Crippen LogP contribution >= 0.6 is 0 Å². The van der Waals surface area contributed by atoms with Crippen LogP contribution in [-0.4, -0.2) is 16.2 Å². The third-order valence-electron chi connectivity index (χ3n) is 4.71. The summed E-state index contributed by atoms with van der Waals surface area (Å²) in [4.78, 5) is 48.8. The molecular weight excluding hydrogens is 346 g/mol. The van der Waals surface area contributed by atoms with Crippen molar-refractivity contribution in [1.82, 2.24) is 9.55 Å². The van der Waals surface area contributed by atoms with E-state index in [9.17, 15) is 14.4 Å². The van der Waals surface area contributed by atoms with Crippen LogP contribution in [0.3, 0.4) is 0 Å². The van der Waals surface area contributed by atoms with Gasteiger partial charge in [-0.25, -0.2) is 4.98 Å². The maximum absolute atomic E-state index is 13.1. The van der Waals surface area contributed by atoms with Crippen LogP contribution < -0.4 is 21.6 Å². The number of fused-ring (bicyclic) bond motifs is 2. The fraction of sp³-hybridized carbons (Fsp3) is 0.250. The van der Waals surface area contributed by atoms with E-state index in [0.29, 0.717) is 6.61 Å². The third-order valence-corrected chi connectivity index (χ3v) is 4.71. The normalized spacial score (nSPS) is 12.4. The van der Waals surface area contributed by atoms with E-state index in [1.807, 2.05) is 6.92 Å². The predicted molar refractivity (Wildman–Crippen MR) is 101 cm³/mol. The Morgan fingerprint density at radius 3 is 2.37 bits per heavy atom. The van der Waals surface area contributed by atoms with Gasteiger partial charge in [-0.3, -0.25) is 14.4 Å². The monoisotopic (exact) mass is 363 g/mol. The molecule has 0 fully saturated rings. The van der Waals surface area contributed by atoms with E-state index in [2.05, 4.69) is 10.1 Å². The van der Waals surface area contributed by atoms with Crippen molar-refractivity contribution in [2.24, 2.45) is 12.2 Å². The standard InChI is InChI=1S/C20H17N3O4/c1-3-4-9-27-22-15-13-14(20(26)17-16(15)21-10-23(17)2)19(25)12-8-6-5-7-11(12)18(13)24/h5-8,10H,3-4,9H2,1-2H3/b22-15-. The second kappa shape index (κ2) is 6.42. The highest BCUT2D eigenvalue weighted by molar-refractivity contribution is 5.84. The van der Waals surface area contributed by atoms with Crippen molar-refractivity contribution in [3.05, 3.63) is 77.1 Å². The highest BCUT2D eigenvalue weighted by atomic mass is 16.6. The van der Waals surface area contributed by atoms with Gasteiger partial charge in [0.15, 0.2) is 10.9 Å². The minimum absolute atomic E-state index is 0.0219. The molecule has 0 saturated carbocycles. The summed E-state index contributed by atoms with van der Waals surface area (Å²) in [5.41, 5.74) is -0.910. The van der Waals surface area contributed by atoms with Crippen molar-refractivity contribution in [2.45, 2.75) is 19.8 Å². The number of rotatable bonds is 4. The van der Waals surface area contributed by atoms with Crippen LogP contribution in [0.1, 0.15) is 19.8 Å². The van der Waals surface area contributed by atoms with Gasteiger partial charge in [0.2, 0.25) is 5.43 Å². The van der Waals surface area contributed by atoms with Crippen molar-refractivity contribution < 1.29 is 4.84 Å². The fourth-order valence-electron chi connectivity index (χ4n) is 3.33. The summed E-state index contributed by atoms with van der Waals surface area (Å²) in [5.74, 6) is 0. The maximum atomic E-state index is 13.1. The van der Waals surface area contributed by atoms with Gasteiger partial charge in [0.1, 0.15) is 23.0 Å². The van der Waals surface area contributed by atoms with Gasteiger partial charge in [-0.2, -0.15) is 0 Å². The second-order valence-electron chi connectivity index (χ2n) is 6.46. The van der Waals surface area contributed by atoms with Crippen LogP contribution in [-0.2, 0) is 11.9 Å². The number of aryl methyl sites for hydroxylation is 1. The summed E-state index contributed by atoms with van der Waals surface area (Å²) in [6, 6.07) is 6.48. The Hall–Kier alpha value is -3.35. The Labute approximate surface area is 152 Å². The molecule has 1 aromatic carbocycles. The number of hydrogen-bond acceptors (Lipinski definition) is 6. The lowest BCUT2D eigenvalue weighted by molar-refractivity contribution is 0.131. The lowest BCUT2D eigenvalue weighted by Gasteiger charge is -2.01. The second-order valence-corrected chi connectivity index (χ2v) is 6.46. The van der Waals surface area contributed by atoms with E-state index >= 15 is 0 Å². The van der Waals surface area contributed by atoms with E-state index in [0.717, 1.165) is 12.8 Å². The Morgan fingerprint density at radius 1 is 1.04 bits per heavy atom. The molecule has 2 aliphatic rings. The Bertz CT molecular complexity index is 1460. The first kappa shape index (κ1) is 17.1. The van der Waals surface area contributed by atoms with Crippen molar-refractivity contribution in [2.75, 3.05) is 6.61 Å². The molecule has 4 rings (SSSR count).